The van der Waals surface area contributed by atoms with Crippen molar-refractivity contribution >= 4 is 34.4 Å². The Kier molecular flexibility index (Phi) is 5.56. The molecule has 1 unspecified atom stereocenters. The number of fused-ring (bicyclic) bond motifs is 1. The Morgan fingerprint density at radius 1 is 1.19 bits per heavy atom. The van der Waals surface area contributed by atoms with Crippen LogP contribution in [0, 0.1) is 6.92 Å². The van der Waals surface area contributed by atoms with E-state index in [0.29, 0.717) is 5.75 Å². The van der Waals surface area contributed by atoms with Crippen LogP contribution in [0.3, 0.4) is 0 Å². The number of ether oxygens (including phenoxy) is 2. The molecule has 27 heavy (non-hydrogen) atoms. The van der Waals surface area contributed by atoms with E-state index < -0.39 is 0 Å². The third-order valence-corrected chi connectivity index (χ3v) is 5.89. The Morgan fingerprint density at radius 2 is 2.07 bits per heavy atom. The quantitative estimate of drug-likeness (QED) is 0.335. The molecule has 0 saturated carbocycles. The van der Waals surface area contributed by atoms with E-state index in [2.05, 4.69) is 27.2 Å². The van der Waals surface area contributed by atoms with Crippen LogP contribution < -0.4 is 4.74 Å². The summed E-state index contributed by atoms with van der Waals surface area (Å²) in [5.41, 5.74) is 2.07. The SMILES string of the molecule is CSc1ncc(Oc2c(C)ccc3c2cnn3C2CCCCO2)c(SC)n1. The first-order chi connectivity index (χ1) is 13.2. The summed E-state index contributed by atoms with van der Waals surface area (Å²) in [5, 5.41) is 7.15. The first-order valence-electron chi connectivity index (χ1n) is 8.92. The van der Waals surface area contributed by atoms with E-state index in [1.165, 1.54) is 11.8 Å². The minimum atomic E-state index is -0.00207. The van der Waals surface area contributed by atoms with Gasteiger partial charge < -0.3 is 9.47 Å². The number of hydrogen-bond donors (Lipinski definition) is 0. The van der Waals surface area contributed by atoms with Gasteiger partial charge in [-0.1, -0.05) is 17.8 Å². The van der Waals surface area contributed by atoms with E-state index in [4.69, 9.17) is 9.47 Å². The van der Waals surface area contributed by atoms with Gasteiger partial charge in [0.2, 0.25) is 0 Å². The van der Waals surface area contributed by atoms with E-state index in [1.807, 2.05) is 30.3 Å². The predicted molar refractivity (Wildman–Crippen MR) is 109 cm³/mol. The summed E-state index contributed by atoms with van der Waals surface area (Å²) in [4.78, 5) is 8.91. The van der Waals surface area contributed by atoms with Gasteiger partial charge in [0.1, 0.15) is 10.8 Å². The van der Waals surface area contributed by atoms with Gasteiger partial charge in [0.25, 0.3) is 0 Å². The Balaban J connectivity index is 1.73. The fraction of sp³-hybridized carbons (Fsp3) is 0.421. The minimum absolute atomic E-state index is 0.00207. The summed E-state index contributed by atoms with van der Waals surface area (Å²) in [6, 6.07) is 4.15. The third kappa shape index (κ3) is 3.66. The Morgan fingerprint density at radius 3 is 2.81 bits per heavy atom. The number of aryl methyl sites for hydroxylation is 1. The van der Waals surface area contributed by atoms with E-state index in [-0.39, 0.29) is 6.23 Å². The van der Waals surface area contributed by atoms with Crippen LogP contribution >= 0.6 is 23.5 Å². The lowest BCUT2D eigenvalue weighted by Gasteiger charge is -2.23. The zero-order valence-corrected chi connectivity index (χ0v) is 17.3. The number of rotatable bonds is 5. The molecule has 1 saturated heterocycles. The third-order valence-electron chi connectivity index (χ3n) is 4.64. The summed E-state index contributed by atoms with van der Waals surface area (Å²) < 4.78 is 14.2. The first-order valence-corrected chi connectivity index (χ1v) is 11.4. The van der Waals surface area contributed by atoms with Gasteiger partial charge in [0.15, 0.2) is 17.1 Å². The highest BCUT2D eigenvalue weighted by Crippen LogP contribution is 2.38. The molecule has 0 spiro atoms. The van der Waals surface area contributed by atoms with Crippen LogP contribution in [0.2, 0.25) is 0 Å². The molecule has 3 aromatic rings. The maximum Gasteiger partial charge on any atom is 0.188 e. The second kappa shape index (κ2) is 8.08. The summed E-state index contributed by atoms with van der Waals surface area (Å²) in [6.07, 6.45) is 10.8. The Bertz CT molecular complexity index is 954. The van der Waals surface area contributed by atoms with Gasteiger partial charge in [0, 0.05) is 6.61 Å². The molecule has 1 aromatic carbocycles. The lowest BCUT2D eigenvalue weighted by Crippen LogP contribution is -2.18. The second-order valence-electron chi connectivity index (χ2n) is 6.39. The van der Waals surface area contributed by atoms with Gasteiger partial charge in [-0.2, -0.15) is 5.10 Å². The zero-order valence-electron chi connectivity index (χ0n) is 15.6. The molecule has 1 atom stereocenters. The van der Waals surface area contributed by atoms with Crippen molar-refractivity contribution in [3.8, 4) is 11.5 Å². The normalized spacial score (nSPS) is 17.4. The molecular weight excluding hydrogens is 380 g/mol. The lowest BCUT2D eigenvalue weighted by atomic mass is 10.1. The fourth-order valence-corrected chi connectivity index (χ4v) is 4.12. The molecule has 0 aliphatic carbocycles. The number of hydrogen-bond acceptors (Lipinski definition) is 7. The van der Waals surface area contributed by atoms with Gasteiger partial charge in [-0.25, -0.2) is 14.6 Å². The predicted octanol–water partition coefficient (Wildman–Crippen LogP) is 5.07. The van der Waals surface area contributed by atoms with E-state index in [1.54, 1.807) is 18.0 Å². The Labute approximate surface area is 167 Å². The Hall–Kier alpha value is -1.77. The zero-order chi connectivity index (χ0) is 18.8. The molecule has 3 heterocycles. The molecule has 1 aliphatic rings. The molecule has 2 aromatic heterocycles. The van der Waals surface area contributed by atoms with Crippen molar-refractivity contribution in [3.63, 3.8) is 0 Å². The monoisotopic (exact) mass is 402 g/mol. The van der Waals surface area contributed by atoms with Gasteiger partial charge >= 0.3 is 0 Å². The van der Waals surface area contributed by atoms with Crippen LogP contribution in [-0.2, 0) is 4.74 Å². The van der Waals surface area contributed by atoms with Gasteiger partial charge in [-0.3, -0.25) is 0 Å². The van der Waals surface area contributed by atoms with Crippen molar-refractivity contribution in [2.45, 2.75) is 42.6 Å². The van der Waals surface area contributed by atoms with Gasteiger partial charge in [-0.05, 0) is 50.3 Å². The highest BCUT2D eigenvalue weighted by atomic mass is 32.2. The van der Waals surface area contributed by atoms with Crippen molar-refractivity contribution < 1.29 is 9.47 Å². The first kappa shape index (κ1) is 18.6. The summed E-state index contributed by atoms with van der Waals surface area (Å²) in [5.74, 6) is 1.46. The largest absolute Gasteiger partial charge is 0.452 e. The van der Waals surface area contributed by atoms with Crippen LogP contribution in [0.15, 0.2) is 34.7 Å². The molecule has 0 radical (unpaired) electrons. The maximum atomic E-state index is 6.30. The van der Waals surface area contributed by atoms with Crippen LogP contribution in [-0.4, -0.2) is 38.9 Å². The molecule has 0 N–H and O–H groups in total. The van der Waals surface area contributed by atoms with Crippen LogP contribution in [0.5, 0.6) is 11.5 Å². The summed E-state index contributed by atoms with van der Waals surface area (Å²) in [6.45, 7) is 2.83. The van der Waals surface area contributed by atoms with Gasteiger partial charge in [0.05, 0.1) is 23.3 Å². The molecule has 1 fully saturated rings. The van der Waals surface area contributed by atoms with Crippen LogP contribution in [0.25, 0.3) is 10.9 Å². The molecular formula is C19H22N4O2S2. The smallest absolute Gasteiger partial charge is 0.188 e. The second-order valence-corrected chi connectivity index (χ2v) is 7.96. The lowest BCUT2D eigenvalue weighted by molar-refractivity contribution is -0.0366. The number of thioether (sulfide) groups is 2. The van der Waals surface area contributed by atoms with E-state index in [0.717, 1.165) is 58.3 Å². The maximum absolute atomic E-state index is 6.30. The number of benzene rings is 1. The molecule has 8 heteroatoms. The molecule has 4 rings (SSSR count). The minimum Gasteiger partial charge on any atom is -0.452 e. The number of nitrogens with zero attached hydrogens (tertiary/aromatic N) is 4. The van der Waals surface area contributed by atoms with Crippen molar-refractivity contribution in [2.24, 2.45) is 0 Å². The van der Waals surface area contributed by atoms with Crippen molar-refractivity contribution in [2.75, 3.05) is 19.1 Å². The standard InChI is InChI=1S/C19H22N4O2S2/c1-12-7-8-14-13(10-21-23(14)16-6-4-5-9-24-16)17(12)25-15-11-20-19(27-3)22-18(15)26-2/h7-8,10-11,16H,4-6,9H2,1-3H3. The van der Waals surface area contributed by atoms with E-state index in [9.17, 15) is 0 Å². The molecule has 0 bridgehead atoms. The average Bonchev–Trinajstić information content (AvgIpc) is 3.15. The molecule has 142 valence electrons. The topological polar surface area (TPSA) is 62.1 Å². The fourth-order valence-electron chi connectivity index (χ4n) is 3.25. The van der Waals surface area contributed by atoms with Crippen molar-refractivity contribution in [1.82, 2.24) is 19.7 Å². The van der Waals surface area contributed by atoms with E-state index >= 15 is 0 Å². The summed E-state index contributed by atoms with van der Waals surface area (Å²) >= 11 is 3.07. The van der Waals surface area contributed by atoms with Crippen LogP contribution in [0.4, 0.5) is 0 Å². The highest BCUT2D eigenvalue weighted by Gasteiger charge is 2.21. The van der Waals surface area contributed by atoms with Crippen molar-refractivity contribution in [1.29, 1.82) is 0 Å². The summed E-state index contributed by atoms with van der Waals surface area (Å²) in [7, 11) is 0. The average molecular weight is 403 g/mol. The van der Waals surface area contributed by atoms with Crippen molar-refractivity contribution in [3.05, 3.63) is 30.1 Å². The van der Waals surface area contributed by atoms with Crippen LogP contribution in [0.1, 0.15) is 31.1 Å². The molecule has 1 aliphatic heterocycles. The van der Waals surface area contributed by atoms with Gasteiger partial charge in [-0.15, -0.1) is 11.8 Å². The molecule has 6 nitrogen and oxygen atoms in total. The number of aromatic nitrogens is 4. The molecule has 0 amide bonds. The highest BCUT2D eigenvalue weighted by molar-refractivity contribution is 7.99.